The summed E-state index contributed by atoms with van der Waals surface area (Å²) >= 11 is 0. The second kappa shape index (κ2) is 9.37. The predicted octanol–water partition coefficient (Wildman–Crippen LogP) is 4.77. The van der Waals surface area contributed by atoms with Gasteiger partial charge in [0.25, 0.3) is 0 Å². The van der Waals surface area contributed by atoms with E-state index in [-0.39, 0.29) is 18.0 Å². The summed E-state index contributed by atoms with van der Waals surface area (Å²) in [5, 5.41) is 5.82. The van der Waals surface area contributed by atoms with Crippen LogP contribution >= 0.6 is 0 Å². The van der Waals surface area contributed by atoms with E-state index < -0.39 is 0 Å². The number of anilines is 1. The van der Waals surface area contributed by atoms with Gasteiger partial charge in [0.2, 0.25) is 0 Å². The molecule has 0 aliphatic rings. The van der Waals surface area contributed by atoms with Gasteiger partial charge in [-0.1, -0.05) is 60.7 Å². The molecule has 0 spiro atoms. The van der Waals surface area contributed by atoms with Crippen LogP contribution in [0.4, 0.5) is 10.5 Å². The Balaban J connectivity index is 1.71. The van der Waals surface area contributed by atoms with E-state index in [1.807, 2.05) is 60.7 Å². The molecule has 0 radical (unpaired) electrons. The zero-order valence-corrected chi connectivity index (χ0v) is 15.6. The van der Waals surface area contributed by atoms with Crippen LogP contribution in [0.2, 0.25) is 0 Å². The number of urea groups is 1. The molecule has 0 heterocycles. The van der Waals surface area contributed by atoms with Gasteiger partial charge in [-0.05, 0) is 42.3 Å². The molecule has 5 heteroatoms. The lowest BCUT2D eigenvalue weighted by molar-refractivity contribution is 0.0526. The van der Waals surface area contributed by atoms with Crippen molar-refractivity contribution in [2.75, 3.05) is 11.9 Å². The minimum Gasteiger partial charge on any atom is -0.462 e. The first kappa shape index (κ1) is 19.2. The van der Waals surface area contributed by atoms with Crippen LogP contribution in [0.25, 0.3) is 0 Å². The summed E-state index contributed by atoms with van der Waals surface area (Å²) in [6.45, 7) is 2.08. The van der Waals surface area contributed by atoms with Crippen LogP contribution in [-0.4, -0.2) is 18.6 Å². The molecule has 142 valence electrons. The quantitative estimate of drug-likeness (QED) is 0.611. The van der Waals surface area contributed by atoms with Crippen molar-refractivity contribution < 1.29 is 14.3 Å². The Morgan fingerprint density at radius 1 is 0.821 bits per heavy atom. The number of ether oxygens (including phenoxy) is 1. The van der Waals surface area contributed by atoms with E-state index >= 15 is 0 Å². The maximum absolute atomic E-state index is 12.6. The Kier molecular flexibility index (Phi) is 6.41. The Bertz CT molecular complexity index is 870. The maximum atomic E-state index is 12.6. The second-order valence-electron chi connectivity index (χ2n) is 6.15. The number of amides is 2. The van der Waals surface area contributed by atoms with Gasteiger partial charge in [0.1, 0.15) is 0 Å². The highest BCUT2D eigenvalue weighted by Gasteiger charge is 2.16. The first-order valence-corrected chi connectivity index (χ1v) is 9.12. The van der Waals surface area contributed by atoms with E-state index in [9.17, 15) is 9.59 Å². The molecular weight excluding hydrogens is 352 g/mol. The molecule has 0 bridgehead atoms. The zero-order chi connectivity index (χ0) is 19.8. The average molecular weight is 374 g/mol. The molecule has 0 aliphatic heterocycles. The minimum atomic E-state index is -0.383. The summed E-state index contributed by atoms with van der Waals surface area (Å²) in [5.74, 6) is -0.383. The molecule has 0 saturated carbocycles. The molecule has 3 aromatic rings. The summed E-state index contributed by atoms with van der Waals surface area (Å²) in [6, 6.07) is 25.6. The fourth-order valence-corrected chi connectivity index (χ4v) is 2.85. The third-order valence-corrected chi connectivity index (χ3v) is 4.20. The summed E-state index contributed by atoms with van der Waals surface area (Å²) in [5.41, 5.74) is 3.01. The summed E-state index contributed by atoms with van der Waals surface area (Å²) in [7, 11) is 0. The van der Waals surface area contributed by atoms with Crippen molar-refractivity contribution in [3.63, 3.8) is 0 Å². The van der Waals surface area contributed by atoms with Gasteiger partial charge < -0.3 is 15.4 Å². The van der Waals surface area contributed by atoms with E-state index in [4.69, 9.17) is 4.74 Å². The smallest absolute Gasteiger partial charge is 0.338 e. The topological polar surface area (TPSA) is 67.4 Å². The zero-order valence-electron chi connectivity index (χ0n) is 15.6. The number of carbonyl (C=O) groups is 2. The number of carbonyl (C=O) groups excluding carboxylic acids is 2. The van der Waals surface area contributed by atoms with Crippen molar-refractivity contribution in [1.82, 2.24) is 5.32 Å². The average Bonchev–Trinajstić information content (AvgIpc) is 2.74. The number of rotatable bonds is 6. The van der Waals surface area contributed by atoms with Gasteiger partial charge in [0, 0.05) is 5.69 Å². The molecule has 5 nitrogen and oxygen atoms in total. The Morgan fingerprint density at radius 3 is 1.86 bits per heavy atom. The van der Waals surface area contributed by atoms with Gasteiger partial charge in [-0.3, -0.25) is 0 Å². The monoisotopic (exact) mass is 374 g/mol. The van der Waals surface area contributed by atoms with Gasteiger partial charge >= 0.3 is 12.0 Å². The number of hydrogen-bond donors (Lipinski definition) is 2. The van der Waals surface area contributed by atoms with E-state index in [2.05, 4.69) is 10.6 Å². The van der Waals surface area contributed by atoms with Crippen molar-refractivity contribution in [2.45, 2.75) is 13.0 Å². The molecule has 3 rings (SSSR count). The van der Waals surface area contributed by atoms with E-state index in [0.29, 0.717) is 17.9 Å². The summed E-state index contributed by atoms with van der Waals surface area (Å²) < 4.78 is 4.96. The van der Waals surface area contributed by atoms with Crippen molar-refractivity contribution in [3.8, 4) is 0 Å². The largest absolute Gasteiger partial charge is 0.462 e. The first-order chi connectivity index (χ1) is 13.7. The van der Waals surface area contributed by atoms with Crippen molar-refractivity contribution in [2.24, 2.45) is 0 Å². The molecule has 0 aromatic heterocycles. The predicted molar refractivity (Wildman–Crippen MR) is 109 cm³/mol. The third kappa shape index (κ3) is 4.98. The van der Waals surface area contributed by atoms with Gasteiger partial charge in [-0.25, -0.2) is 9.59 Å². The van der Waals surface area contributed by atoms with Crippen molar-refractivity contribution in [3.05, 3.63) is 102 Å². The highest BCUT2D eigenvalue weighted by Crippen LogP contribution is 2.22. The lowest BCUT2D eigenvalue weighted by atomic mass is 9.99. The SMILES string of the molecule is CCOC(=O)c1ccc(NC(=O)NC(c2ccccc2)c2ccccc2)cc1. The summed E-state index contributed by atoms with van der Waals surface area (Å²) in [4.78, 5) is 24.3. The van der Waals surface area contributed by atoms with Crippen molar-refractivity contribution >= 4 is 17.7 Å². The van der Waals surface area contributed by atoms with Crippen molar-refractivity contribution in [1.29, 1.82) is 0 Å². The highest BCUT2D eigenvalue weighted by molar-refractivity contribution is 5.92. The van der Waals surface area contributed by atoms with Gasteiger partial charge in [0.05, 0.1) is 18.2 Å². The Hall–Kier alpha value is -3.60. The lowest BCUT2D eigenvalue weighted by Crippen LogP contribution is -2.33. The Labute approximate surface area is 164 Å². The van der Waals surface area contributed by atoms with E-state index in [1.165, 1.54) is 0 Å². The number of nitrogens with one attached hydrogen (secondary N) is 2. The van der Waals surface area contributed by atoms with Crippen LogP contribution in [0.3, 0.4) is 0 Å². The molecule has 2 N–H and O–H groups in total. The minimum absolute atomic E-state index is 0.277. The normalized spacial score (nSPS) is 10.4. The fraction of sp³-hybridized carbons (Fsp3) is 0.130. The molecule has 3 aromatic carbocycles. The van der Waals surface area contributed by atoms with Gasteiger partial charge in [-0.15, -0.1) is 0 Å². The molecule has 2 amide bonds. The molecule has 0 unspecified atom stereocenters. The molecule has 0 aliphatic carbocycles. The number of hydrogen-bond acceptors (Lipinski definition) is 3. The first-order valence-electron chi connectivity index (χ1n) is 9.12. The molecule has 0 atom stereocenters. The van der Waals surface area contributed by atoms with Crippen LogP contribution in [0.15, 0.2) is 84.9 Å². The molecule has 0 saturated heterocycles. The molecule has 28 heavy (non-hydrogen) atoms. The van der Waals surface area contributed by atoms with Gasteiger partial charge in [-0.2, -0.15) is 0 Å². The third-order valence-electron chi connectivity index (χ3n) is 4.20. The van der Waals surface area contributed by atoms with E-state index in [1.54, 1.807) is 31.2 Å². The second-order valence-corrected chi connectivity index (χ2v) is 6.15. The number of benzene rings is 3. The standard InChI is InChI=1S/C23H22N2O3/c1-2-28-22(26)19-13-15-20(16-14-19)24-23(27)25-21(17-9-5-3-6-10-17)18-11-7-4-8-12-18/h3-16,21H,2H2,1H3,(H2,24,25,27). The van der Waals surface area contributed by atoms with Crippen LogP contribution in [-0.2, 0) is 4.74 Å². The molecule has 0 fully saturated rings. The highest BCUT2D eigenvalue weighted by atomic mass is 16.5. The van der Waals surface area contributed by atoms with Crippen LogP contribution < -0.4 is 10.6 Å². The Morgan fingerprint density at radius 2 is 1.36 bits per heavy atom. The molecular formula is C23H22N2O3. The van der Waals surface area contributed by atoms with Crippen LogP contribution in [0, 0.1) is 0 Å². The van der Waals surface area contributed by atoms with Gasteiger partial charge in [0.15, 0.2) is 0 Å². The fourth-order valence-electron chi connectivity index (χ4n) is 2.85. The lowest BCUT2D eigenvalue weighted by Gasteiger charge is -2.20. The van der Waals surface area contributed by atoms with Crippen LogP contribution in [0.5, 0.6) is 0 Å². The van der Waals surface area contributed by atoms with E-state index in [0.717, 1.165) is 11.1 Å². The summed E-state index contributed by atoms with van der Waals surface area (Å²) in [6.07, 6.45) is 0. The maximum Gasteiger partial charge on any atom is 0.338 e. The number of esters is 1. The van der Waals surface area contributed by atoms with Crippen LogP contribution in [0.1, 0.15) is 34.5 Å².